The molecule has 0 saturated carbocycles. The van der Waals surface area contributed by atoms with Gasteiger partial charge in [0.1, 0.15) is 11.2 Å². The van der Waals surface area contributed by atoms with E-state index in [9.17, 15) is 0 Å². The zero-order valence-corrected chi connectivity index (χ0v) is 35.0. The number of hydrogen-bond donors (Lipinski definition) is 0. The molecule has 300 valence electrons. The number of rotatable bonds is 8. The largest absolute Gasteiger partial charge is 0.456 e. The molecule has 0 aliphatic rings. The van der Waals surface area contributed by atoms with Crippen molar-refractivity contribution in [2.75, 3.05) is 4.90 Å². The molecule has 1 aromatic heterocycles. The molecule has 64 heavy (non-hydrogen) atoms. The molecule has 0 amide bonds. The second-order valence-electron chi connectivity index (χ2n) is 16.4. The van der Waals surface area contributed by atoms with Gasteiger partial charge in [-0.25, -0.2) is 0 Å². The second-order valence-corrected chi connectivity index (χ2v) is 16.4. The van der Waals surface area contributed by atoms with Crippen LogP contribution >= 0.6 is 0 Å². The van der Waals surface area contributed by atoms with Crippen LogP contribution in [0.15, 0.2) is 253 Å². The van der Waals surface area contributed by atoms with Gasteiger partial charge in [0.2, 0.25) is 0 Å². The lowest BCUT2D eigenvalue weighted by Gasteiger charge is -2.27. The summed E-state index contributed by atoms with van der Waals surface area (Å²) in [7, 11) is 0. The van der Waals surface area contributed by atoms with Gasteiger partial charge in [-0.3, -0.25) is 0 Å². The minimum absolute atomic E-state index is 0.859. The van der Waals surface area contributed by atoms with Crippen LogP contribution in [0.4, 0.5) is 17.1 Å². The molecule has 2 heteroatoms. The summed E-state index contributed by atoms with van der Waals surface area (Å²) in [5, 5.41) is 7.21. The number of anilines is 3. The smallest absolute Gasteiger partial charge is 0.137 e. The highest BCUT2D eigenvalue weighted by molar-refractivity contribution is 6.22. The van der Waals surface area contributed by atoms with Crippen molar-refractivity contribution >= 4 is 60.5 Å². The molecule has 12 aromatic rings. The molecule has 0 bridgehead atoms. The third-order valence-electron chi connectivity index (χ3n) is 12.7. The Kier molecular flexibility index (Phi) is 9.20. The fourth-order valence-electron chi connectivity index (χ4n) is 9.68. The van der Waals surface area contributed by atoms with Crippen molar-refractivity contribution in [2.45, 2.75) is 0 Å². The number of para-hydroxylation sites is 1. The van der Waals surface area contributed by atoms with Crippen molar-refractivity contribution in [1.82, 2.24) is 0 Å². The Bertz CT molecular complexity index is 3630. The molecule has 0 aliphatic heterocycles. The number of furan rings is 1. The van der Waals surface area contributed by atoms with Crippen molar-refractivity contribution in [2.24, 2.45) is 0 Å². The highest BCUT2D eigenvalue weighted by Gasteiger charge is 2.21. The molecular weight excluding hydrogens is 775 g/mol. The Morgan fingerprint density at radius 3 is 1.36 bits per heavy atom. The van der Waals surface area contributed by atoms with Crippen LogP contribution in [0, 0.1) is 0 Å². The van der Waals surface area contributed by atoms with Gasteiger partial charge in [0.05, 0.1) is 0 Å². The summed E-state index contributed by atoms with van der Waals surface area (Å²) in [4.78, 5) is 2.35. The predicted octanol–water partition coefficient (Wildman–Crippen LogP) is 17.7. The number of nitrogens with zero attached hydrogens (tertiary/aromatic N) is 1. The number of fused-ring (bicyclic) bond motifs is 6. The van der Waals surface area contributed by atoms with Crippen LogP contribution in [-0.4, -0.2) is 0 Å². The fraction of sp³-hybridized carbons (Fsp3) is 0. The standard InChI is InChI=1S/C62H41NO/c1-5-17-43(18-6-1)51-37-34-49(40-57(51)44-19-7-2-8-20-44)63(50-35-38-55-54-26-15-16-28-59(54)64-60(55)41-50)48-32-29-42(30-33-48)47-31-36-53-52-25-13-14-27-56(52)61(45-21-9-3-10-22-45)62(58(53)39-47)46-23-11-4-12-24-46/h1-41H. The Morgan fingerprint density at radius 1 is 0.234 bits per heavy atom. The molecule has 12 rings (SSSR count). The molecule has 0 saturated heterocycles. The van der Waals surface area contributed by atoms with Crippen LogP contribution < -0.4 is 4.90 Å². The van der Waals surface area contributed by atoms with Gasteiger partial charge in [0.15, 0.2) is 0 Å². The lowest BCUT2D eigenvalue weighted by molar-refractivity contribution is 0.669. The van der Waals surface area contributed by atoms with E-state index in [1.165, 1.54) is 71.6 Å². The maximum absolute atomic E-state index is 6.48. The second kappa shape index (κ2) is 15.8. The third-order valence-corrected chi connectivity index (χ3v) is 12.7. The SMILES string of the molecule is c1ccc(-c2ccc(N(c3ccc(-c4ccc5c(c4)c(-c4ccccc4)c(-c4ccccc4)c4ccccc45)cc3)c3ccc4c(c3)oc3ccccc34)cc2-c2ccccc2)cc1. The third kappa shape index (κ3) is 6.52. The Morgan fingerprint density at radius 2 is 0.688 bits per heavy atom. The Labute approximate surface area is 372 Å². The maximum Gasteiger partial charge on any atom is 0.137 e. The van der Waals surface area contributed by atoms with Crippen LogP contribution in [-0.2, 0) is 0 Å². The molecule has 2 nitrogen and oxygen atoms in total. The van der Waals surface area contributed by atoms with Crippen LogP contribution in [0.3, 0.4) is 0 Å². The van der Waals surface area contributed by atoms with Gasteiger partial charge < -0.3 is 9.32 Å². The van der Waals surface area contributed by atoms with E-state index >= 15 is 0 Å². The minimum atomic E-state index is 0.859. The van der Waals surface area contributed by atoms with Gasteiger partial charge in [-0.15, -0.1) is 0 Å². The molecule has 0 aliphatic carbocycles. The molecule has 0 atom stereocenters. The summed E-state index contributed by atoms with van der Waals surface area (Å²) in [5.41, 5.74) is 16.8. The zero-order valence-electron chi connectivity index (χ0n) is 35.0. The van der Waals surface area contributed by atoms with E-state index in [0.717, 1.165) is 44.6 Å². The lowest BCUT2D eigenvalue weighted by Crippen LogP contribution is -2.10. The van der Waals surface area contributed by atoms with Gasteiger partial charge in [-0.05, 0) is 126 Å². The first kappa shape index (κ1) is 37.3. The van der Waals surface area contributed by atoms with E-state index in [1.54, 1.807) is 0 Å². The first-order valence-electron chi connectivity index (χ1n) is 21.9. The topological polar surface area (TPSA) is 16.4 Å². The average molecular weight is 816 g/mol. The summed E-state index contributed by atoms with van der Waals surface area (Å²) in [6, 6.07) is 89.6. The van der Waals surface area contributed by atoms with Gasteiger partial charge in [0, 0.05) is 33.9 Å². The number of hydrogen-bond acceptors (Lipinski definition) is 2. The summed E-state index contributed by atoms with van der Waals surface area (Å²) in [5.74, 6) is 0. The molecule has 11 aromatic carbocycles. The van der Waals surface area contributed by atoms with Gasteiger partial charge in [-0.1, -0.05) is 194 Å². The van der Waals surface area contributed by atoms with Crippen molar-refractivity contribution in [3.63, 3.8) is 0 Å². The van der Waals surface area contributed by atoms with Crippen LogP contribution in [0.5, 0.6) is 0 Å². The zero-order chi connectivity index (χ0) is 42.4. The van der Waals surface area contributed by atoms with Crippen LogP contribution in [0.1, 0.15) is 0 Å². The first-order chi connectivity index (χ1) is 31.7. The molecule has 0 unspecified atom stereocenters. The molecular formula is C62H41NO. The van der Waals surface area contributed by atoms with Crippen molar-refractivity contribution in [3.05, 3.63) is 249 Å². The van der Waals surface area contributed by atoms with E-state index in [1.807, 2.05) is 12.1 Å². The van der Waals surface area contributed by atoms with E-state index in [0.29, 0.717) is 0 Å². The molecule has 0 spiro atoms. The van der Waals surface area contributed by atoms with Crippen molar-refractivity contribution in [1.29, 1.82) is 0 Å². The van der Waals surface area contributed by atoms with Gasteiger partial charge >= 0.3 is 0 Å². The monoisotopic (exact) mass is 815 g/mol. The minimum Gasteiger partial charge on any atom is -0.456 e. The highest BCUT2D eigenvalue weighted by atomic mass is 16.3. The van der Waals surface area contributed by atoms with Crippen molar-refractivity contribution in [3.8, 4) is 55.6 Å². The van der Waals surface area contributed by atoms with E-state index in [-0.39, 0.29) is 0 Å². The summed E-state index contributed by atoms with van der Waals surface area (Å²) >= 11 is 0. The predicted molar refractivity (Wildman–Crippen MR) is 271 cm³/mol. The highest BCUT2D eigenvalue weighted by Crippen LogP contribution is 2.47. The summed E-state index contributed by atoms with van der Waals surface area (Å²) < 4.78 is 6.48. The van der Waals surface area contributed by atoms with Crippen LogP contribution in [0.2, 0.25) is 0 Å². The average Bonchev–Trinajstić information content (AvgIpc) is 3.75. The normalized spacial score (nSPS) is 11.4. The van der Waals surface area contributed by atoms with E-state index in [2.05, 4.69) is 241 Å². The van der Waals surface area contributed by atoms with Gasteiger partial charge in [0.25, 0.3) is 0 Å². The molecule has 0 fully saturated rings. The maximum atomic E-state index is 6.48. The molecule has 0 radical (unpaired) electrons. The quantitative estimate of drug-likeness (QED) is 0.142. The number of benzene rings is 11. The summed E-state index contributed by atoms with van der Waals surface area (Å²) in [6.07, 6.45) is 0. The summed E-state index contributed by atoms with van der Waals surface area (Å²) in [6.45, 7) is 0. The van der Waals surface area contributed by atoms with E-state index < -0.39 is 0 Å². The van der Waals surface area contributed by atoms with Crippen molar-refractivity contribution < 1.29 is 4.42 Å². The van der Waals surface area contributed by atoms with E-state index in [4.69, 9.17) is 4.42 Å². The molecule has 1 heterocycles. The molecule has 0 N–H and O–H groups in total. The lowest BCUT2D eigenvalue weighted by atomic mass is 9.84. The first-order valence-corrected chi connectivity index (χ1v) is 21.9. The Hall–Kier alpha value is -8.46. The van der Waals surface area contributed by atoms with Gasteiger partial charge in [-0.2, -0.15) is 0 Å². The van der Waals surface area contributed by atoms with Crippen LogP contribution in [0.25, 0.3) is 99.1 Å². The Balaban J connectivity index is 1.03. The fourth-order valence-corrected chi connectivity index (χ4v) is 9.68.